The maximum atomic E-state index is 12.6. The van der Waals surface area contributed by atoms with Crippen molar-refractivity contribution < 1.29 is 13.2 Å². The van der Waals surface area contributed by atoms with Gasteiger partial charge in [-0.25, -0.2) is 8.42 Å². The highest BCUT2D eigenvalue weighted by Gasteiger charge is 2.28. The molecule has 1 heterocycles. The lowest BCUT2D eigenvalue weighted by Gasteiger charge is -2.27. The number of nitrogens with one attached hydrogen (secondary N) is 1. The van der Waals surface area contributed by atoms with Crippen LogP contribution in [0.5, 0.6) is 0 Å². The Morgan fingerprint density at radius 1 is 1.50 bits per heavy atom. The molecular formula is C12H19ClN2O4S. The lowest BCUT2D eigenvalue weighted by atomic mass is 10.3. The summed E-state index contributed by atoms with van der Waals surface area (Å²) in [4.78, 5) is 13.5. The smallest absolute Gasteiger partial charge is 0.266 e. The van der Waals surface area contributed by atoms with Gasteiger partial charge in [0, 0.05) is 25.9 Å². The number of H-pyrrole nitrogens is 1. The van der Waals surface area contributed by atoms with Crippen molar-refractivity contribution in [2.45, 2.75) is 31.2 Å². The molecule has 0 aliphatic rings. The van der Waals surface area contributed by atoms with E-state index in [9.17, 15) is 13.2 Å². The molecule has 0 bridgehead atoms. The van der Waals surface area contributed by atoms with E-state index >= 15 is 0 Å². The third kappa shape index (κ3) is 3.82. The molecule has 1 aromatic heterocycles. The lowest BCUT2D eigenvalue weighted by Crippen LogP contribution is -2.40. The van der Waals surface area contributed by atoms with Gasteiger partial charge in [0.15, 0.2) is 0 Å². The van der Waals surface area contributed by atoms with E-state index in [4.69, 9.17) is 16.3 Å². The monoisotopic (exact) mass is 322 g/mol. The molecular weight excluding hydrogens is 304 g/mol. The maximum Gasteiger partial charge on any atom is 0.266 e. The molecule has 8 heteroatoms. The van der Waals surface area contributed by atoms with Crippen LogP contribution in [0.25, 0.3) is 0 Å². The van der Waals surface area contributed by atoms with E-state index < -0.39 is 15.6 Å². The molecule has 0 aromatic carbocycles. The Bertz CT molecular complexity index is 600. The summed E-state index contributed by atoms with van der Waals surface area (Å²) in [5.41, 5.74) is -0.516. The van der Waals surface area contributed by atoms with Gasteiger partial charge in [-0.2, -0.15) is 4.31 Å². The zero-order valence-corrected chi connectivity index (χ0v) is 13.3. The Balaban J connectivity index is 3.20. The normalized spacial score (nSPS) is 13.7. The molecule has 0 aliphatic heterocycles. The van der Waals surface area contributed by atoms with Crippen molar-refractivity contribution in [2.75, 3.05) is 20.3 Å². The number of nitrogens with zero attached hydrogens (tertiary/aromatic N) is 1. The lowest BCUT2D eigenvalue weighted by molar-refractivity contribution is 0.167. The second-order valence-electron chi connectivity index (χ2n) is 4.38. The molecule has 0 fully saturated rings. The van der Waals surface area contributed by atoms with E-state index in [0.717, 1.165) is 12.3 Å². The summed E-state index contributed by atoms with van der Waals surface area (Å²) in [5.74, 6) is 0. The van der Waals surface area contributed by atoms with Gasteiger partial charge in [0.05, 0.1) is 11.5 Å². The van der Waals surface area contributed by atoms with Crippen molar-refractivity contribution in [1.82, 2.24) is 9.29 Å². The number of rotatable bonds is 7. The quantitative estimate of drug-likeness (QED) is 0.824. The van der Waals surface area contributed by atoms with Crippen molar-refractivity contribution in [3.8, 4) is 0 Å². The predicted octanol–water partition coefficient (Wildman–Crippen LogP) is 1.46. The molecule has 20 heavy (non-hydrogen) atoms. The molecule has 0 saturated heterocycles. The zero-order chi connectivity index (χ0) is 15.3. The van der Waals surface area contributed by atoms with E-state index in [2.05, 4.69) is 4.98 Å². The first kappa shape index (κ1) is 17.2. The first-order chi connectivity index (χ1) is 9.34. The first-order valence-electron chi connectivity index (χ1n) is 6.23. The van der Waals surface area contributed by atoms with Crippen LogP contribution in [0.15, 0.2) is 22.0 Å². The van der Waals surface area contributed by atoms with Gasteiger partial charge in [-0.05, 0) is 19.4 Å². The molecule has 6 nitrogen and oxygen atoms in total. The van der Waals surface area contributed by atoms with Gasteiger partial charge in [0.25, 0.3) is 5.56 Å². The van der Waals surface area contributed by atoms with Gasteiger partial charge >= 0.3 is 0 Å². The van der Waals surface area contributed by atoms with Gasteiger partial charge in [0.2, 0.25) is 10.0 Å². The molecule has 0 saturated carbocycles. The van der Waals surface area contributed by atoms with Gasteiger partial charge in [-0.3, -0.25) is 4.79 Å². The highest BCUT2D eigenvalue weighted by molar-refractivity contribution is 7.89. The number of halogens is 1. The van der Waals surface area contributed by atoms with E-state index in [1.165, 1.54) is 11.4 Å². The Morgan fingerprint density at radius 2 is 2.15 bits per heavy atom. The minimum Gasteiger partial charge on any atom is -0.383 e. The fraction of sp³-hybridized carbons (Fsp3) is 0.583. The number of aromatic nitrogens is 1. The average Bonchev–Trinajstić information content (AvgIpc) is 2.41. The van der Waals surface area contributed by atoms with Gasteiger partial charge in [-0.15, -0.1) is 0 Å². The number of pyridine rings is 1. The highest BCUT2D eigenvalue weighted by Crippen LogP contribution is 2.19. The van der Waals surface area contributed by atoms with Crippen LogP contribution in [-0.4, -0.2) is 44.0 Å². The SMILES string of the molecule is CCC(C)N(CCOC)S(=O)(=O)c1c[nH]c(=O)c(Cl)c1. The summed E-state index contributed by atoms with van der Waals surface area (Å²) in [7, 11) is -2.21. The van der Waals surface area contributed by atoms with Gasteiger partial charge in [-0.1, -0.05) is 18.5 Å². The van der Waals surface area contributed by atoms with Gasteiger partial charge < -0.3 is 9.72 Å². The minimum absolute atomic E-state index is 0.0292. The van der Waals surface area contributed by atoms with Crippen LogP contribution in [0.3, 0.4) is 0 Å². The molecule has 114 valence electrons. The topological polar surface area (TPSA) is 79.5 Å². The van der Waals surface area contributed by atoms with Crippen LogP contribution in [0, 0.1) is 0 Å². The van der Waals surface area contributed by atoms with Crippen LogP contribution in [-0.2, 0) is 14.8 Å². The van der Waals surface area contributed by atoms with Crippen molar-refractivity contribution in [3.05, 3.63) is 27.6 Å². The minimum atomic E-state index is -3.73. The molecule has 1 rings (SSSR count). The number of aromatic amines is 1. The van der Waals surface area contributed by atoms with Crippen molar-refractivity contribution in [2.24, 2.45) is 0 Å². The first-order valence-corrected chi connectivity index (χ1v) is 8.05. The molecule has 1 aromatic rings. The summed E-state index contributed by atoms with van der Waals surface area (Å²) < 4.78 is 31.5. The van der Waals surface area contributed by atoms with E-state index in [1.807, 2.05) is 13.8 Å². The summed E-state index contributed by atoms with van der Waals surface area (Å²) in [6.07, 6.45) is 1.83. The third-order valence-corrected chi connectivity index (χ3v) is 5.31. The molecule has 1 unspecified atom stereocenters. The molecule has 1 atom stereocenters. The summed E-state index contributed by atoms with van der Waals surface area (Å²) >= 11 is 5.69. The molecule has 0 aliphatic carbocycles. The fourth-order valence-corrected chi connectivity index (χ4v) is 3.60. The highest BCUT2D eigenvalue weighted by atomic mass is 35.5. The Kier molecular flexibility index (Phi) is 6.19. The zero-order valence-electron chi connectivity index (χ0n) is 11.7. The standard InChI is InChI=1S/C12H19ClN2O4S/c1-4-9(2)15(5-6-19-3)20(17,18)10-7-11(13)12(16)14-8-10/h7-9H,4-6H2,1-3H3,(H,14,16). The van der Waals surface area contributed by atoms with Crippen LogP contribution >= 0.6 is 11.6 Å². The van der Waals surface area contributed by atoms with Crippen LogP contribution in [0.1, 0.15) is 20.3 Å². The molecule has 0 radical (unpaired) electrons. The van der Waals surface area contributed by atoms with Crippen molar-refractivity contribution in [3.63, 3.8) is 0 Å². The molecule has 0 spiro atoms. The second-order valence-corrected chi connectivity index (χ2v) is 6.68. The average molecular weight is 323 g/mol. The number of hydrogen-bond acceptors (Lipinski definition) is 4. The Hall–Kier alpha value is -0.890. The number of methoxy groups -OCH3 is 1. The largest absolute Gasteiger partial charge is 0.383 e. The van der Waals surface area contributed by atoms with Crippen molar-refractivity contribution >= 4 is 21.6 Å². The van der Waals surface area contributed by atoms with Crippen LogP contribution < -0.4 is 5.56 Å². The van der Waals surface area contributed by atoms with Gasteiger partial charge in [0.1, 0.15) is 5.02 Å². The van der Waals surface area contributed by atoms with E-state index in [-0.39, 0.29) is 22.5 Å². The number of sulfonamides is 1. The van der Waals surface area contributed by atoms with E-state index in [0.29, 0.717) is 13.0 Å². The van der Waals surface area contributed by atoms with Crippen LogP contribution in [0.2, 0.25) is 5.02 Å². The van der Waals surface area contributed by atoms with Crippen LogP contribution in [0.4, 0.5) is 0 Å². The van der Waals surface area contributed by atoms with Crippen molar-refractivity contribution in [1.29, 1.82) is 0 Å². The summed E-state index contributed by atoms with van der Waals surface area (Å²) in [6.45, 7) is 4.26. The Labute approximate surface area is 123 Å². The number of ether oxygens (including phenoxy) is 1. The molecule has 0 amide bonds. The summed E-state index contributed by atoms with van der Waals surface area (Å²) in [6, 6.07) is 0.985. The third-order valence-electron chi connectivity index (χ3n) is 3.04. The molecule has 1 N–H and O–H groups in total. The Morgan fingerprint density at radius 3 is 2.65 bits per heavy atom. The number of hydrogen-bond donors (Lipinski definition) is 1. The second kappa shape index (κ2) is 7.21. The fourth-order valence-electron chi connectivity index (χ4n) is 1.68. The summed E-state index contributed by atoms with van der Waals surface area (Å²) in [5, 5.41) is -0.151. The van der Waals surface area contributed by atoms with E-state index in [1.54, 1.807) is 0 Å². The predicted molar refractivity (Wildman–Crippen MR) is 77.6 cm³/mol. The maximum absolute atomic E-state index is 12.6.